The highest BCUT2D eigenvalue weighted by Gasteiger charge is 2.14. The summed E-state index contributed by atoms with van der Waals surface area (Å²) in [6, 6.07) is 13.0. The number of rotatable bonds is 6. The molecule has 25 heavy (non-hydrogen) atoms. The molecule has 0 aromatic heterocycles. The molecule has 0 fully saturated rings. The number of likely N-dealkylation sites (N-methyl/N-ethyl adjacent to an activating group) is 1. The van der Waals surface area contributed by atoms with E-state index in [2.05, 4.69) is 10.6 Å². The van der Waals surface area contributed by atoms with Gasteiger partial charge < -0.3 is 15.5 Å². The molecule has 0 aliphatic rings. The molecule has 1 atom stereocenters. The van der Waals surface area contributed by atoms with Crippen molar-refractivity contribution < 1.29 is 14.5 Å². The van der Waals surface area contributed by atoms with Crippen LogP contribution >= 0.6 is 11.6 Å². The summed E-state index contributed by atoms with van der Waals surface area (Å²) in [7, 11) is 1.80. The zero-order chi connectivity index (χ0) is 18.4. The molecule has 5 nitrogen and oxygen atoms in total. The highest BCUT2D eigenvalue weighted by Crippen LogP contribution is 2.19. The molecule has 0 heterocycles. The number of hydrogen-bond acceptors (Lipinski definition) is 2. The highest BCUT2D eigenvalue weighted by molar-refractivity contribution is 6.31. The van der Waals surface area contributed by atoms with Crippen LogP contribution in [0.25, 0.3) is 0 Å². The van der Waals surface area contributed by atoms with Gasteiger partial charge in [0.2, 0.25) is 0 Å². The van der Waals surface area contributed by atoms with Crippen molar-refractivity contribution in [2.45, 2.75) is 13.8 Å². The average molecular weight is 361 g/mol. The van der Waals surface area contributed by atoms with E-state index in [9.17, 15) is 9.59 Å². The van der Waals surface area contributed by atoms with E-state index in [4.69, 9.17) is 11.6 Å². The van der Waals surface area contributed by atoms with Crippen molar-refractivity contribution in [3.05, 3.63) is 58.6 Å². The highest BCUT2D eigenvalue weighted by atomic mass is 35.5. The molecule has 0 saturated carbocycles. The third-order valence-corrected chi connectivity index (χ3v) is 4.12. The number of carbonyl (C=O) groups excluding carboxylic acids is 2. The van der Waals surface area contributed by atoms with E-state index in [1.54, 1.807) is 19.2 Å². The largest absolute Gasteiger partial charge is 0.322 e. The average Bonchev–Trinajstić information content (AvgIpc) is 2.52. The lowest BCUT2D eigenvalue weighted by molar-refractivity contribution is -0.862. The minimum Gasteiger partial charge on any atom is -0.322 e. The molecule has 0 spiro atoms. The van der Waals surface area contributed by atoms with E-state index in [1.165, 1.54) is 0 Å². The van der Waals surface area contributed by atoms with Gasteiger partial charge >= 0.3 is 0 Å². The van der Waals surface area contributed by atoms with E-state index < -0.39 is 0 Å². The molecule has 0 bridgehead atoms. The van der Waals surface area contributed by atoms with Gasteiger partial charge in [0.25, 0.3) is 11.8 Å². The van der Waals surface area contributed by atoms with Crippen LogP contribution in [0.5, 0.6) is 0 Å². The predicted molar refractivity (Wildman–Crippen MR) is 101 cm³/mol. The number of carbonyl (C=O) groups is 2. The summed E-state index contributed by atoms with van der Waals surface area (Å²) in [5, 5.41) is 6.23. The van der Waals surface area contributed by atoms with Crippen molar-refractivity contribution in [2.75, 3.05) is 30.8 Å². The first kappa shape index (κ1) is 19.0. The van der Waals surface area contributed by atoms with E-state index in [0.717, 1.165) is 21.7 Å². The lowest BCUT2D eigenvalue weighted by atomic mass is 10.2. The molecule has 132 valence electrons. The van der Waals surface area contributed by atoms with Gasteiger partial charge in [0.15, 0.2) is 13.1 Å². The molecular formula is C19H23ClN3O2+. The lowest BCUT2D eigenvalue weighted by Crippen LogP contribution is -3.11. The predicted octanol–water partition coefficient (Wildman–Crippen LogP) is 2.05. The van der Waals surface area contributed by atoms with E-state index in [0.29, 0.717) is 10.7 Å². The van der Waals surface area contributed by atoms with Gasteiger partial charge in [0.1, 0.15) is 0 Å². The Morgan fingerprint density at radius 2 is 1.44 bits per heavy atom. The smallest absolute Gasteiger partial charge is 0.279 e. The third-order valence-electron chi connectivity index (χ3n) is 3.72. The number of hydrogen-bond donors (Lipinski definition) is 3. The van der Waals surface area contributed by atoms with Crippen LogP contribution < -0.4 is 15.5 Å². The van der Waals surface area contributed by atoms with Gasteiger partial charge in [0, 0.05) is 16.4 Å². The second-order valence-electron chi connectivity index (χ2n) is 6.24. The van der Waals surface area contributed by atoms with Crippen LogP contribution in [0.15, 0.2) is 42.5 Å². The van der Waals surface area contributed by atoms with E-state index >= 15 is 0 Å². The van der Waals surface area contributed by atoms with Crippen LogP contribution in [0.4, 0.5) is 11.4 Å². The molecule has 0 aliphatic heterocycles. The first-order valence-corrected chi connectivity index (χ1v) is 8.45. The third kappa shape index (κ3) is 6.21. The summed E-state index contributed by atoms with van der Waals surface area (Å²) in [5.41, 5.74) is 3.49. The summed E-state index contributed by atoms with van der Waals surface area (Å²) < 4.78 is 0. The van der Waals surface area contributed by atoms with Crippen molar-refractivity contribution in [3.63, 3.8) is 0 Å². The van der Waals surface area contributed by atoms with Gasteiger partial charge in [0.05, 0.1) is 7.05 Å². The molecule has 2 rings (SSSR count). The molecular weight excluding hydrogens is 338 g/mol. The summed E-state index contributed by atoms with van der Waals surface area (Å²) in [6.07, 6.45) is 0. The Hall–Kier alpha value is -2.37. The SMILES string of the molecule is Cc1ccc(NC(=O)C[NH+](C)CC(=O)Nc2ccc(C)c(Cl)c2)cc1. The Labute approximate surface area is 153 Å². The van der Waals surface area contributed by atoms with Gasteiger partial charge in [-0.15, -0.1) is 0 Å². The maximum Gasteiger partial charge on any atom is 0.279 e. The zero-order valence-electron chi connectivity index (χ0n) is 14.7. The topological polar surface area (TPSA) is 62.6 Å². The summed E-state index contributed by atoms with van der Waals surface area (Å²) in [6.45, 7) is 4.28. The summed E-state index contributed by atoms with van der Waals surface area (Å²) in [5.74, 6) is -0.298. The lowest BCUT2D eigenvalue weighted by Gasteiger charge is -2.14. The fraction of sp³-hybridized carbons (Fsp3) is 0.263. The van der Waals surface area contributed by atoms with Crippen molar-refractivity contribution in [2.24, 2.45) is 0 Å². The number of aryl methyl sites for hydroxylation is 2. The molecule has 2 amide bonds. The maximum absolute atomic E-state index is 12.1. The molecule has 3 N–H and O–H groups in total. The quantitative estimate of drug-likeness (QED) is 0.738. The second-order valence-corrected chi connectivity index (χ2v) is 6.64. The summed E-state index contributed by atoms with van der Waals surface area (Å²) in [4.78, 5) is 24.9. The van der Waals surface area contributed by atoms with Crippen LogP contribution in [0.3, 0.4) is 0 Å². The van der Waals surface area contributed by atoms with Crippen LogP contribution in [-0.4, -0.2) is 32.0 Å². The van der Waals surface area contributed by atoms with Gasteiger partial charge in [-0.2, -0.15) is 0 Å². The Balaban J connectivity index is 1.81. The van der Waals surface area contributed by atoms with Crippen LogP contribution in [-0.2, 0) is 9.59 Å². The monoisotopic (exact) mass is 360 g/mol. The van der Waals surface area contributed by atoms with E-state index in [1.807, 2.05) is 44.2 Å². The Morgan fingerprint density at radius 3 is 2.00 bits per heavy atom. The number of quaternary nitrogens is 1. The fourth-order valence-electron chi connectivity index (χ4n) is 2.33. The number of nitrogens with one attached hydrogen (secondary N) is 3. The standard InChI is InChI=1S/C19H22ClN3O2/c1-13-4-7-15(8-5-13)21-18(24)11-23(3)12-19(25)22-16-9-6-14(2)17(20)10-16/h4-10H,11-12H2,1-3H3,(H,21,24)(H,22,25)/p+1. The van der Waals surface area contributed by atoms with Crippen LogP contribution in [0.2, 0.25) is 5.02 Å². The number of benzene rings is 2. The first-order chi connectivity index (χ1) is 11.8. The Morgan fingerprint density at radius 1 is 0.920 bits per heavy atom. The number of halogens is 1. The van der Waals surface area contributed by atoms with Gasteiger partial charge in [-0.25, -0.2) is 0 Å². The van der Waals surface area contributed by atoms with Gasteiger partial charge in [-0.1, -0.05) is 35.4 Å². The number of amides is 2. The molecule has 0 aliphatic carbocycles. The zero-order valence-corrected chi connectivity index (χ0v) is 15.4. The molecule has 6 heteroatoms. The van der Waals surface area contributed by atoms with Gasteiger partial charge in [-0.05, 0) is 43.7 Å². The summed E-state index contributed by atoms with van der Waals surface area (Å²) >= 11 is 6.05. The molecule has 2 aromatic rings. The van der Waals surface area contributed by atoms with Crippen molar-refractivity contribution in [3.8, 4) is 0 Å². The fourth-order valence-corrected chi connectivity index (χ4v) is 2.51. The van der Waals surface area contributed by atoms with Crippen molar-refractivity contribution in [1.82, 2.24) is 0 Å². The Bertz CT molecular complexity index is 760. The molecule has 0 radical (unpaired) electrons. The first-order valence-electron chi connectivity index (χ1n) is 8.07. The minimum absolute atomic E-state index is 0.132. The van der Waals surface area contributed by atoms with Gasteiger partial charge in [-0.3, -0.25) is 9.59 Å². The van der Waals surface area contributed by atoms with Crippen molar-refractivity contribution >= 4 is 34.8 Å². The van der Waals surface area contributed by atoms with E-state index in [-0.39, 0.29) is 24.9 Å². The molecule has 0 saturated heterocycles. The van der Waals surface area contributed by atoms with Crippen molar-refractivity contribution in [1.29, 1.82) is 0 Å². The van der Waals surface area contributed by atoms with Crippen LogP contribution in [0.1, 0.15) is 11.1 Å². The molecule has 2 aromatic carbocycles. The normalized spacial score (nSPS) is 11.7. The maximum atomic E-state index is 12.1. The second kappa shape index (κ2) is 8.65. The number of anilines is 2. The Kier molecular flexibility index (Phi) is 6.56. The minimum atomic E-state index is -0.166. The molecule has 1 unspecified atom stereocenters. The van der Waals surface area contributed by atoms with Crippen LogP contribution in [0, 0.1) is 13.8 Å².